The molecule has 6 nitrogen and oxygen atoms in total. The van der Waals surface area contributed by atoms with Crippen LogP contribution in [0.5, 0.6) is 5.75 Å². The quantitative estimate of drug-likeness (QED) is 0.514. The van der Waals surface area contributed by atoms with Gasteiger partial charge in [0.05, 0.1) is 30.3 Å². The predicted molar refractivity (Wildman–Crippen MR) is 124 cm³/mol. The number of hydrogen-bond acceptors (Lipinski definition) is 4. The Labute approximate surface area is 211 Å². The third-order valence-electron chi connectivity index (χ3n) is 5.39. The number of pyridine rings is 1. The fourth-order valence-electron chi connectivity index (χ4n) is 3.69. The average molecular weight is 472 g/mol. The minimum absolute atomic E-state index is 0. The molecule has 9 heteroatoms. The van der Waals surface area contributed by atoms with Gasteiger partial charge in [0.25, 0.3) is 0 Å². The summed E-state index contributed by atoms with van der Waals surface area (Å²) in [7, 11) is 1.46. The van der Waals surface area contributed by atoms with Gasteiger partial charge in [0.2, 0.25) is 5.43 Å². The summed E-state index contributed by atoms with van der Waals surface area (Å²) in [5.74, 6) is -1.56. The molecule has 0 saturated heterocycles. The van der Waals surface area contributed by atoms with Crippen molar-refractivity contribution >= 4 is 58.0 Å². The number of nitrogens with zero attached hydrogens (tertiary/aromatic N) is 1. The number of ether oxygens (including phenoxy) is 1. The van der Waals surface area contributed by atoms with E-state index >= 15 is 0 Å². The first-order valence-electron chi connectivity index (χ1n) is 9.72. The zero-order chi connectivity index (χ0) is 22.9. The van der Waals surface area contributed by atoms with Gasteiger partial charge in [-0.15, -0.1) is 0 Å². The molecule has 1 aromatic heterocycles. The molecular formula is C23H24ClFNNaO5. The van der Waals surface area contributed by atoms with Crippen molar-refractivity contribution in [3.63, 3.8) is 0 Å². The van der Waals surface area contributed by atoms with Crippen LogP contribution in [0.1, 0.15) is 41.4 Å². The zero-order valence-corrected chi connectivity index (χ0v) is 18.1. The summed E-state index contributed by atoms with van der Waals surface area (Å²) in [6.07, 6.45) is 1.35. The molecule has 0 aliphatic heterocycles. The summed E-state index contributed by atoms with van der Waals surface area (Å²) in [6.45, 7) is 3.53. The molecule has 0 aliphatic rings. The molecule has 0 saturated carbocycles. The van der Waals surface area contributed by atoms with Crippen molar-refractivity contribution in [2.75, 3.05) is 13.7 Å². The van der Waals surface area contributed by atoms with Gasteiger partial charge in [0.15, 0.2) is 0 Å². The Kier molecular flexibility index (Phi) is 8.90. The van der Waals surface area contributed by atoms with Gasteiger partial charge in [-0.1, -0.05) is 37.6 Å². The Morgan fingerprint density at radius 2 is 1.94 bits per heavy atom. The first kappa shape index (κ1) is 26.4. The van der Waals surface area contributed by atoms with Crippen LogP contribution in [0.3, 0.4) is 0 Å². The Bertz CT molecular complexity index is 1210. The van der Waals surface area contributed by atoms with Crippen molar-refractivity contribution in [3.8, 4) is 5.75 Å². The Morgan fingerprint density at radius 1 is 1.25 bits per heavy atom. The molecule has 3 aromatic rings. The van der Waals surface area contributed by atoms with Gasteiger partial charge in [0.1, 0.15) is 17.1 Å². The third-order valence-corrected chi connectivity index (χ3v) is 5.68. The number of aliphatic hydroxyl groups is 1. The van der Waals surface area contributed by atoms with Crippen LogP contribution < -0.4 is 10.2 Å². The van der Waals surface area contributed by atoms with E-state index < -0.39 is 28.8 Å². The normalized spacial score (nSPS) is 12.0. The molecule has 166 valence electrons. The van der Waals surface area contributed by atoms with Crippen LogP contribution in [0.25, 0.3) is 10.9 Å². The monoisotopic (exact) mass is 471 g/mol. The van der Waals surface area contributed by atoms with Crippen molar-refractivity contribution in [1.82, 2.24) is 4.57 Å². The SMILES string of the molecule is COc1cc2c(cc1Cc1cccc(Cl)c1F)c(=O)c(C(=O)O)cn2[C@H](CO)C(C)C.[NaH]. The number of carboxylic acids is 1. The molecule has 0 fully saturated rings. The van der Waals surface area contributed by atoms with Crippen LogP contribution in [-0.4, -0.2) is 64.0 Å². The molecule has 1 atom stereocenters. The second kappa shape index (κ2) is 10.8. The van der Waals surface area contributed by atoms with Gasteiger partial charge < -0.3 is 19.5 Å². The zero-order valence-electron chi connectivity index (χ0n) is 17.4. The van der Waals surface area contributed by atoms with E-state index in [1.54, 1.807) is 22.8 Å². The van der Waals surface area contributed by atoms with E-state index in [-0.39, 0.29) is 58.9 Å². The van der Waals surface area contributed by atoms with Crippen LogP contribution in [0.4, 0.5) is 4.39 Å². The number of aromatic carboxylic acids is 1. The molecule has 0 spiro atoms. The van der Waals surface area contributed by atoms with Gasteiger partial charge >= 0.3 is 35.5 Å². The van der Waals surface area contributed by atoms with Crippen molar-refractivity contribution in [3.05, 3.63) is 74.3 Å². The second-order valence-electron chi connectivity index (χ2n) is 7.65. The number of benzene rings is 2. The maximum absolute atomic E-state index is 14.4. The Balaban J connectivity index is 0.00000363. The molecule has 2 N–H and O–H groups in total. The predicted octanol–water partition coefficient (Wildman–Crippen LogP) is 3.63. The summed E-state index contributed by atoms with van der Waals surface area (Å²) in [5.41, 5.74) is 0.184. The third kappa shape index (κ3) is 5.02. The van der Waals surface area contributed by atoms with E-state index in [2.05, 4.69) is 0 Å². The number of carbonyl (C=O) groups is 1. The van der Waals surface area contributed by atoms with Gasteiger partial charge in [-0.3, -0.25) is 4.79 Å². The van der Waals surface area contributed by atoms with Crippen molar-refractivity contribution in [2.24, 2.45) is 5.92 Å². The number of halogens is 2. The van der Waals surface area contributed by atoms with Gasteiger partial charge in [-0.05, 0) is 29.2 Å². The van der Waals surface area contributed by atoms with Crippen LogP contribution in [0.15, 0.2) is 41.3 Å². The molecule has 32 heavy (non-hydrogen) atoms. The van der Waals surface area contributed by atoms with Crippen molar-refractivity contribution < 1.29 is 24.1 Å². The van der Waals surface area contributed by atoms with Crippen molar-refractivity contribution in [2.45, 2.75) is 26.3 Å². The molecule has 0 bridgehead atoms. The number of aromatic nitrogens is 1. The van der Waals surface area contributed by atoms with Crippen LogP contribution in [0.2, 0.25) is 5.02 Å². The maximum atomic E-state index is 14.4. The number of fused-ring (bicyclic) bond motifs is 1. The van der Waals surface area contributed by atoms with Gasteiger partial charge in [-0.2, -0.15) is 0 Å². The van der Waals surface area contributed by atoms with E-state index in [4.69, 9.17) is 16.3 Å². The summed E-state index contributed by atoms with van der Waals surface area (Å²) < 4.78 is 21.5. The molecular weight excluding hydrogens is 448 g/mol. The van der Waals surface area contributed by atoms with Gasteiger partial charge in [-0.25, -0.2) is 9.18 Å². The number of aliphatic hydroxyl groups excluding tert-OH is 1. The van der Waals surface area contributed by atoms with Crippen LogP contribution in [0, 0.1) is 11.7 Å². The number of carboxylic acid groups (broad SMARTS) is 1. The summed E-state index contributed by atoms with van der Waals surface area (Å²) >= 11 is 5.88. The molecule has 0 amide bonds. The first-order valence-corrected chi connectivity index (χ1v) is 10.1. The molecule has 0 aliphatic carbocycles. The number of methoxy groups -OCH3 is 1. The molecule has 1 heterocycles. The van der Waals surface area contributed by atoms with E-state index in [1.807, 2.05) is 13.8 Å². The molecule has 2 aromatic carbocycles. The molecule has 0 unspecified atom stereocenters. The fraction of sp³-hybridized carbons (Fsp3) is 0.304. The molecule has 3 rings (SSSR count). The summed E-state index contributed by atoms with van der Waals surface area (Å²) in [6, 6.07) is 7.33. The standard InChI is InChI=1S/C23H23ClFNO5.Na.H/c1-12(2)19(11-27)26-10-16(23(29)30)22(28)15-8-14(20(31-3)9-18(15)26)7-13-5-4-6-17(24)21(13)25;;/h4-6,8-10,12,19,27H,7,11H2,1-3H3,(H,29,30);;/t19-;;/m1../s1. The summed E-state index contributed by atoms with van der Waals surface area (Å²) in [4.78, 5) is 24.7. The minimum atomic E-state index is -1.36. The Hall–Kier alpha value is -1.90. The number of rotatable bonds is 7. The van der Waals surface area contributed by atoms with Gasteiger partial charge in [0, 0.05) is 24.1 Å². The van der Waals surface area contributed by atoms with Crippen LogP contribution >= 0.6 is 11.6 Å². The van der Waals surface area contributed by atoms with E-state index in [1.165, 1.54) is 25.4 Å². The fourth-order valence-corrected chi connectivity index (χ4v) is 3.88. The second-order valence-corrected chi connectivity index (χ2v) is 8.06. The van der Waals surface area contributed by atoms with Crippen LogP contribution in [-0.2, 0) is 6.42 Å². The van der Waals surface area contributed by atoms with E-state index in [9.17, 15) is 24.2 Å². The number of hydrogen-bond donors (Lipinski definition) is 2. The topological polar surface area (TPSA) is 88.8 Å². The summed E-state index contributed by atoms with van der Waals surface area (Å²) in [5, 5.41) is 19.6. The average Bonchev–Trinajstić information content (AvgIpc) is 2.72. The Morgan fingerprint density at radius 3 is 2.50 bits per heavy atom. The van der Waals surface area contributed by atoms with E-state index in [0.29, 0.717) is 22.4 Å². The molecule has 0 radical (unpaired) electrons. The van der Waals surface area contributed by atoms with E-state index in [0.717, 1.165) is 0 Å². The first-order chi connectivity index (χ1) is 14.7. The van der Waals surface area contributed by atoms with Crippen molar-refractivity contribution in [1.29, 1.82) is 0 Å².